The van der Waals surface area contributed by atoms with E-state index in [4.69, 9.17) is 0 Å². The monoisotopic (exact) mass is 334 g/mol. The first-order valence-electron chi connectivity index (χ1n) is 7.59. The summed E-state index contributed by atoms with van der Waals surface area (Å²) in [6.07, 6.45) is 0.798. The zero-order valence-corrected chi connectivity index (χ0v) is 14.4. The molecule has 0 spiro atoms. The van der Waals surface area contributed by atoms with Gasteiger partial charge in [-0.25, -0.2) is 8.42 Å². The molecule has 0 aliphatic heterocycles. The van der Waals surface area contributed by atoms with Gasteiger partial charge < -0.3 is 5.32 Å². The molecule has 0 saturated heterocycles. The highest BCUT2D eigenvalue weighted by atomic mass is 32.2. The first-order valence-corrected chi connectivity index (χ1v) is 9.03. The van der Waals surface area contributed by atoms with Crippen LogP contribution in [0.3, 0.4) is 0 Å². The van der Waals surface area contributed by atoms with E-state index in [1.165, 1.54) is 7.05 Å². The van der Waals surface area contributed by atoms with E-state index in [-0.39, 0.29) is 23.4 Å². The van der Waals surface area contributed by atoms with Crippen LogP contribution >= 0.6 is 0 Å². The van der Waals surface area contributed by atoms with E-state index < -0.39 is 10.0 Å². The van der Waals surface area contributed by atoms with Crippen molar-refractivity contribution in [2.75, 3.05) is 13.6 Å². The lowest BCUT2D eigenvalue weighted by Crippen LogP contribution is -2.41. The maximum Gasteiger partial charge on any atom is 0.243 e. The Morgan fingerprint density at radius 3 is 2.48 bits per heavy atom. The van der Waals surface area contributed by atoms with Crippen molar-refractivity contribution in [3.05, 3.63) is 42.5 Å². The van der Waals surface area contributed by atoms with Crippen LogP contribution in [0.1, 0.15) is 20.3 Å². The number of rotatable bonds is 6. The lowest BCUT2D eigenvalue weighted by molar-refractivity contribution is -0.121. The Hall–Kier alpha value is -1.92. The van der Waals surface area contributed by atoms with Gasteiger partial charge in [-0.2, -0.15) is 4.31 Å². The van der Waals surface area contributed by atoms with Gasteiger partial charge in [-0.05, 0) is 36.2 Å². The zero-order chi connectivity index (χ0) is 17.0. The second-order valence-corrected chi connectivity index (χ2v) is 7.69. The van der Waals surface area contributed by atoms with Crippen molar-refractivity contribution in [3.63, 3.8) is 0 Å². The van der Waals surface area contributed by atoms with E-state index in [0.717, 1.165) is 21.5 Å². The summed E-state index contributed by atoms with van der Waals surface area (Å²) in [6.45, 7) is 3.65. The van der Waals surface area contributed by atoms with E-state index in [1.54, 1.807) is 18.2 Å². The van der Waals surface area contributed by atoms with Crippen molar-refractivity contribution < 1.29 is 13.2 Å². The lowest BCUT2D eigenvalue weighted by atomic mass is 10.1. The number of fused-ring (bicyclic) bond motifs is 1. The molecule has 0 aliphatic carbocycles. The second kappa shape index (κ2) is 7.10. The molecule has 0 saturated carbocycles. The van der Waals surface area contributed by atoms with Crippen molar-refractivity contribution in [2.24, 2.45) is 0 Å². The van der Waals surface area contributed by atoms with Gasteiger partial charge in [0, 0.05) is 13.1 Å². The van der Waals surface area contributed by atoms with Gasteiger partial charge in [0.15, 0.2) is 0 Å². The molecule has 0 heterocycles. The first kappa shape index (κ1) is 17.4. The molecule has 0 fully saturated rings. The van der Waals surface area contributed by atoms with Gasteiger partial charge in [-0.1, -0.05) is 37.3 Å². The molecule has 2 aromatic carbocycles. The van der Waals surface area contributed by atoms with Crippen LogP contribution in [0, 0.1) is 0 Å². The predicted octanol–water partition coefficient (Wildman–Crippen LogP) is 2.38. The standard InChI is InChI=1S/C17H22N2O3S/c1-4-13(2)18-17(20)12-19(3)23(21,22)16-10-9-14-7-5-6-8-15(14)11-16/h5-11,13H,4,12H2,1-3H3,(H,18,20). The molecule has 2 aromatic rings. The van der Waals surface area contributed by atoms with E-state index in [1.807, 2.05) is 38.1 Å². The third-order valence-corrected chi connectivity index (χ3v) is 5.61. The van der Waals surface area contributed by atoms with Crippen molar-refractivity contribution >= 4 is 26.7 Å². The van der Waals surface area contributed by atoms with Crippen LogP contribution in [0.2, 0.25) is 0 Å². The smallest absolute Gasteiger partial charge is 0.243 e. The highest BCUT2D eigenvalue weighted by molar-refractivity contribution is 7.89. The van der Waals surface area contributed by atoms with Gasteiger partial charge in [0.05, 0.1) is 11.4 Å². The zero-order valence-electron chi connectivity index (χ0n) is 13.6. The Kier molecular flexibility index (Phi) is 5.38. The minimum Gasteiger partial charge on any atom is -0.353 e. The van der Waals surface area contributed by atoms with Crippen LogP contribution in [0.15, 0.2) is 47.4 Å². The van der Waals surface area contributed by atoms with E-state index in [2.05, 4.69) is 5.32 Å². The van der Waals surface area contributed by atoms with Crippen molar-refractivity contribution in [1.29, 1.82) is 0 Å². The largest absolute Gasteiger partial charge is 0.353 e. The Morgan fingerprint density at radius 2 is 1.83 bits per heavy atom. The molecule has 0 aromatic heterocycles. The van der Waals surface area contributed by atoms with Crippen LogP contribution in [-0.2, 0) is 14.8 Å². The van der Waals surface area contributed by atoms with E-state index in [9.17, 15) is 13.2 Å². The fourth-order valence-electron chi connectivity index (χ4n) is 2.22. The van der Waals surface area contributed by atoms with Crippen LogP contribution in [0.25, 0.3) is 10.8 Å². The summed E-state index contributed by atoms with van der Waals surface area (Å²) < 4.78 is 26.3. The number of carbonyl (C=O) groups is 1. The SMILES string of the molecule is CCC(C)NC(=O)CN(C)S(=O)(=O)c1ccc2ccccc2c1. The minimum atomic E-state index is -3.70. The molecule has 0 radical (unpaired) electrons. The summed E-state index contributed by atoms with van der Waals surface area (Å²) in [4.78, 5) is 12.1. The molecular formula is C17H22N2O3S. The fourth-order valence-corrected chi connectivity index (χ4v) is 3.38. The average molecular weight is 334 g/mol. The number of benzene rings is 2. The number of hydrogen-bond acceptors (Lipinski definition) is 3. The van der Waals surface area contributed by atoms with E-state index >= 15 is 0 Å². The first-order chi connectivity index (χ1) is 10.8. The maximum absolute atomic E-state index is 12.6. The molecule has 1 unspecified atom stereocenters. The molecule has 23 heavy (non-hydrogen) atoms. The highest BCUT2D eigenvalue weighted by Crippen LogP contribution is 2.21. The highest BCUT2D eigenvalue weighted by Gasteiger charge is 2.23. The van der Waals surface area contributed by atoms with Crippen molar-refractivity contribution in [1.82, 2.24) is 9.62 Å². The summed E-state index contributed by atoms with van der Waals surface area (Å²) in [6, 6.07) is 12.6. The third kappa shape index (κ3) is 4.09. The molecule has 2 rings (SSSR count). The normalized spacial score (nSPS) is 13.2. The molecule has 5 nitrogen and oxygen atoms in total. The number of carbonyl (C=O) groups excluding carboxylic acids is 1. The Balaban J connectivity index is 2.20. The number of hydrogen-bond donors (Lipinski definition) is 1. The molecule has 0 aliphatic rings. The number of nitrogens with one attached hydrogen (secondary N) is 1. The third-order valence-electron chi connectivity index (χ3n) is 3.82. The van der Waals surface area contributed by atoms with Crippen LogP contribution < -0.4 is 5.32 Å². The molecule has 124 valence electrons. The van der Waals surface area contributed by atoms with Crippen molar-refractivity contribution in [3.8, 4) is 0 Å². The average Bonchev–Trinajstić information content (AvgIpc) is 2.53. The van der Waals surface area contributed by atoms with Crippen LogP contribution in [-0.4, -0.2) is 38.3 Å². The van der Waals surface area contributed by atoms with Gasteiger partial charge in [-0.15, -0.1) is 0 Å². The molecule has 1 atom stereocenters. The number of amides is 1. The minimum absolute atomic E-state index is 0.0271. The second-order valence-electron chi connectivity index (χ2n) is 5.65. The predicted molar refractivity (Wildman–Crippen MR) is 91.7 cm³/mol. The summed E-state index contributed by atoms with van der Waals surface area (Å²) >= 11 is 0. The van der Waals surface area contributed by atoms with Gasteiger partial charge >= 0.3 is 0 Å². The van der Waals surface area contributed by atoms with Gasteiger partial charge in [0.1, 0.15) is 0 Å². The van der Waals surface area contributed by atoms with Gasteiger partial charge in [0.2, 0.25) is 15.9 Å². The van der Waals surface area contributed by atoms with E-state index in [0.29, 0.717) is 0 Å². The quantitative estimate of drug-likeness (QED) is 0.882. The van der Waals surface area contributed by atoms with Crippen LogP contribution in [0.5, 0.6) is 0 Å². The maximum atomic E-state index is 12.6. The summed E-state index contributed by atoms with van der Waals surface area (Å²) in [7, 11) is -2.28. The summed E-state index contributed by atoms with van der Waals surface area (Å²) in [5, 5.41) is 4.60. The van der Waals surface area contributed by atoms with Gasteiger partial charge in [0.25, 0.3) is 0 Å². The fraction of sp³-hybridized carbons (Fsp3) is 0.353. The number of sulfonamides is 1. The van der Waals surface area contributed by atoms with Crippen LogP contribution in [0.4, 0.5) is 0 Å². The Morgan fingerprint density at radius 1 is 1.17 bits per heavy atom. The summed E-state index contributed by atoms with van der Waals surface area (Å²) in [5.74, 6) is -0.300. The lowest BCUT2D eigenvalue weighted by Gasteiger charge is -2.19. The molecule has 6 heteroatoms. The molecule has 0 bridgehead atoms. The molecule has 1 amide bonds. The number of nitrogens with zero attached hydrogens (tertiary/aromatic N) is 1. The number of likely N-dealkylation sites (N-methyl/N-ethyl adjacent to an activating group) is 1. The molecule has 1 N–H and O–H groups in total. The Bertz CT molecular complexity index is 802. The molecular weight excluding hydrogens is 312 g/mol. The topological polar surface area (TPSA) is 66.5 Å². The summed E-state index contributed by atoms with van der Waals surface area (Å²) in [5.41, 5.74) is 0. The van der Waals surface area contributed by atoms with Crippen molar-refractivity contribution in [2.45, 2.75) is 31.2 Å². The Labute approximate surface area is 137 Å². The van der Waals surface area contributed by atoms with Gasteiger partial charge in [-0.3, -0.25) is 4.79 Å².